The summed E-state index contributed by atoms with van der Waals surface area (Å²) in [7, 11) is 0. The van der Waals surface area contributed by atoms with Crippen molar-refractivity contribution >= 4 is 0 Å². The summed E-state index contributed by atoms with van der Waals surface area (Å²) in [4.78, 5) is 0. The monoisotopic (exact) mass is 1240 g/mol. The van der Waals surface area contributed by atoms with Crippen LogP contribution in [0.25, 0.3) is 0 Å². The van der Waals surface area contributed by atoms with E-state index in [0.29, 0.717) is 10.8 Å². The largest absolute Gasteiger partial charge is 0.494 e. The highest BCUT2D eigenvalue weighted by Gasteiger charge is 2.20. The molecule has 0 aliphatic heterocycles. The Balaban J connectivity index is -0.000000137. The standard InChI is InChI=1S/C12H18O.C11H16O.C10H20.C9H20.2C8H18.C7H8.C7H16.2C6H14.C2H6.H2/c1-3-5-10-13-12-8-6-11(4-2)7-9-12;1-3-4-9-12-11-7-5-10(2)6-8-11;1-3-9-5-7-10(4-2)8-6-9;1-5-9(6-2,7-3)8-4;1-5-8(4,6-2)7-3;1-4-6-8(3)7-5-2;1-7-5-3-2-4-6-7;1-4-7(5-2)6-3;2*1-4-6(3)5-2;1-2;/h6-9H,3-5,10H2,1-2H3;5-8H,3-4,9H2,1-2H3;9-10H,3-8H2,1-2H3;5-8H2,1-4H3;5-7H2,1-4H3;8H,4-7H2,1-3H3;2-6H,1H3;7H,4-6H2,1-3H3;2*6H,4-5H2,1-3H3;1-2H3;1H. The Morgan fingerprint density at radius 3 is 0.898 bits per heavy atom. The smallest absolute Gasteiger partial charge is 0.119 e. The molecule has 0 aromatic heterocycles. The third-order valence-electron chi connectivity index (χ3n) is 19.6. The molecule has 1 aliphatic carbocycles. The Hall–Kier alpha value is -2.74. The second-order valence-electron chi connectivity index (χ2n) is 26.0. The average molecular weight is 1240 g/mol. The van der Waals surface area contributed by atoms with Crippen LogP contribution in [0.4, 0.5) is 0 Å². The first-order valence-corrected chi connectivity index (χ1v) is 38.6. The molecule has 0 radical (unpaired) electrons. The van der Waals surface area contributed by atoms with Gasteiger partial charge in [-0.2, -0.15) is 0 Å². The van der Waals surface area contributed by atoms with Crippen molar-refractivity contribution in [3.05, 3.63) is 95.6 Å². The number of ether oxygens (including phenoxy) is 2. The summed E-state index contributed by atoms with van der Waals surface area (Å²) < 4.78 is 11.0. The number of rotatable bonds is 29. The van der Waals surface area contributed by atoms with Crippen LogP contribution in [0.2, 0.25) is 0 Å². The fourth-order valence-electron chi connectivity index (χ4n) is 9.53. The van der Waals surface area contributed by atoms with Crippen LogP contribution in [0.1, 0.15) is 385 Å². The highest BCUT2D eigenvalue weighted by molar-refractivity contribution is 5.27. The second-order valence-corrected chi connectivity index (χ2v) is 26.0. The number of hydrogen-bond acceptors (Lipinski definition) is 2. The molecular weight excluding hydrogens is 1060 g/mol. The lowest BCUT2D eigenvalue weighted by Gasteiger charge is -2.28. The van der Waals surface area contributed by atoms with E-state index in [-0.39, 0.29) is 1.43 Å². The van der Waals surface area contributed by atoms with Crippen molar-refractivity contribution in [2.45, 2.75) is 387 Å². The maximum Gasteiger partial charge on any atom is 0.119 e. The molecule has 1 fully saturated rings. The van der Waals surface area contributed by atoms with Gasteiger partial charge in [-0.1, -0.05) is 420 Å². The molecule has 1 aliphatic rings. The summed E-state index contributed by atoms with van der Waals surface area (Å²) in [6, 6.07) is 26.8. The van der Waals surface area contributed by atoms with Gasteiger partial charge in [-0.05, 0) is 109 Å². The van der Waals surface area contributed by atoms with Gasteiger partial charge in [0.15, 0.2) is 0 Å². The van der Waals surface area contributed by atoms with Gasteiger partial charge in [0.1, 0.15) is 11.5 Å². The molecular formula is C86H170O2. The SMILES string of the molecule is CC.CCC(C)(CC)CC.CCC(C)CC.CCC(C)CC.CCC(CC)(CC)CC.CCC(CC)CC.CCC1CCC(CC)CC1.CCCC(C)CCC.CCCCOc1ccc(C)cc1.CCCCOc1ccc(CC)cc1.Cc1ccccc1.[HH]. The fourth-order valence-corrected chi connectivity index (χ4v) is 9.53. The highest BCUT2D eigenvalue weighted by atomic mass is 16.5. The summed E-state index contributed by atoms with van der Waals surface area (Å²) in [5.74, 6) is 7.94. The van der Waals surface area contributed by atoms with Gasteiger partial charge in [0.25, 0.3) is 0 Å². The van der Waals surface area contributed by atoms with Gasteiger partial charge in [-0.3, -0.25) is 0 Å². The Morgan fingerprint density at radius 1 is 0.398 bits per heavy atom. The minimum Gasteiger partial charge on any atom is -0.494 e. The molecule has 0 N–H and O–H groups in total. The van der Waals surface area contributed by atoms with E-state index in [2.05, 4.69) is 235 Å². The molecule has 1 saturated carbocycles. The second kappa shape index (κ2) is 75.0. The van der Waals surface area contributed by atoms with Crippen LogP contribution in [-0.2, 0) is 6.42 Å². The zero-order chi connectivity index (χ0) is 68.9. The first-order chi connectivity index (χ1) is 42.1. The minimum absolute atomic E-state index is 0. The Kier molecular flexibility index (Phi) is 84.2. The normalized spacial score (nSPS) is 12.9. The van der Waals surface area contributed by atoms with Gasteiger partial charge >= 0.3 is 0 Å². The predicted octanol–water partition coefficient (Wildman–Crippen LogP) is 31.3. The molecule has 2 heteroatoms. The van der Waals surface area contributed by atoms with Crippen LogP contribution in [0, 0.1) is 60.2 Å². The van der Waals surface area contributed by atoms with Crippen LogP contribution in [0.5, 0.6) is 11.5 Å². The molecule has 88 heavy (non-hydrogen) atoms. The molecule has 0 spiro atoms. The van der Waals surface area contributed by atoms with Gasteiger partial charge in [-0.25, -0.2) is 0 Å². The van der Waals surface area contributed by atoms with E-state index in [0.717, 1.165) is 79.5 Å². The fraction of sp³-hybridized carbons (Fsp3) is 0.791. The average Bonchev–Trinajstić information content (AvgIpc) is 3.65. The van der Waals surface area contributed by atoms with Crippen molar-refractivity contribution in [3.63, 3.8) is 0 Å². The third-order valence-corrected chi connectivity index (χ3v) is 19.6. The molecule has 0 heterocycles. The zero-order valence-electron chi connectivity index (χ0n) is 66.2. The van der Waals surface area contributed by atoms with E-state index in [4.69, 9.17) is 9.47 Å². The number of unbranched alkanes of at least 4 members (excludes halogenated alkanes) is 2. The number of benzene rings is 3. The van der Waals surface area contributed by atoms with Crippen LogP contribution >= 0.6 is 0 Å². The predicted molar refractivity (Wildman–Crippen MR) is 414 cm³/mol. The molecule has 0 bridgehead atoms. The lowest BCUT2D eigenvalue weighted by molar-refractivity contribution is 0.240. The van der Waals surface area contributed by atoms with Crippen molar-refractivity contribution in [2.24, 2.45) is 46.3 Å². The van der Waals surface area contributed by atoms with Gasteiger partial charge in [0.05, 0.1) is 13.2 Å². The van der Waals surface area contributed by atoms with E-state index in [1.54, 1.807) is 0 Å². The first kappa shape index (κ1) is 98.8. The van der Waals surface area contributed by atoms with Crippen molar-refractivity contribution in [1.29, 1.82) is 0 Å². The van der Waals surface area contributed by atoms with Crippen LogP contribution in [0.3, 0.4) is 0 Å². The van der Waals surface area contributed by atoms with Crippen LogP contribution < -0.4 is 9.47 Å². The summed E-state index contributed by atoms with van der Waals surface area (Å²) in [6.07, 6.45) is 38.8. The Labute approximate surface area is 561 Å². The molecule has 2 nitrogen and oxygen atoms in total. The zero-order valence-corrected chi connectivity index (χ0v) is 66.2. The molecule has 4 rings (SSSR count). The van der Waals surface area contributed by atoms with Gasteiger partial charge in [-0.15, -0.1) is 0 Å². The van der Waals surface area contributed by atoms with Gasteiger partial charge < -0.3 is 9.47 Å². The topological polar surface area (TPSA) is 18.5 Å². The maximum absolute atomic E-state index is 5.55. The van der Waals surface area contributed by atoms with E-state index < -0.39 is 0 Å². The molecule has 526 valence electrons. The highest BCUT2D eigenvalue weighted by Crippen LogP contribution is 2.34. The molecule has 0 saturated heterocycles. The lowest BCUT2D eigenvalue weighted by Crippen LogP contribution is -2.15. The Morgan fingerprint density at radius 2 is 0.716 bits per heavy atom. The Bertz CT molecular complexity index is 1580. The molecule has 0 unspecified atom stereocenters. The molecule has 0 atom stereocenters. The quantitative estimate of drug-likeness (QED) is 0.0645. The number of hydrogen-bond donors (Lipinski definition) is 0. The summed E-state index contributed by atoms with van der Waals surface area (Å²) in [6.45, 7) is 66.5. The van der Waals surface area contributed by atoms with Crippen LogP contribution in [-0.4, -0.2) is 13.2 Å². The van der Waals surface area contributed by atoms with Crippen molar-refractivity contribution in [2.75, 3.05) is 13.2 Å². The van der Waals surface area contributed by atoms with Crippen molar-refractivity contribution in [3.8, 4) is 11.5 Å². The van der Waals surface area contributed by atoms with E-state index >= 15 is 0 Å². The summed E-state index contributed by atoms with van der Waals surface area (Å²) in [5.41, 5.74) is 5.25. The molecule has 3 aromatic rings. The van der Waals surface area contributed by atoms with Gasteiger partial charge in [0.2, 0.25) is 0 Å². The van der Waals surface area contributed by atoms with E-state index in [1.807, 2.05) is 44.2 Å². The van der Waals surface area contributed by atoms with Crippen molar-refractivity contribution < 1.29 is 10.9 Å². The summed E-state index contributed by atoms with van der Waals surface area (Å²) in [5, 5.41) is 0. The maximum atomic E-state index is 5.55. The molecule has 0 amide bonds. The van der Waals surface area contributed by atoms with Crippen molar-refractivity contribution in [1.82, 2.24) is 0 Å². The van der Waals surface area contributed by atoms with E-state index in [9.17, 15) is 0 Å². The van der Waals surface area contributed by atoms with Gasteiger partial charge in [0, 0.05) is 1.43 Å². The first-order valence-electron chi connectivity index (χ1n) is 38.6. The molecule has 3 aromatic carbocycles. The summed E-state index contributed by atoms with van der Waals surface area (Å²) >= 11 is 0. The van der Waals surface area contributed by atoms with E-state index in [1.165, 1.54) is 184 Å². The minimum atomic E-state index is 0. The third kappa shape index (κ3) is 66.2. The number of aryl methyl sites for hydroxylation is 3. The van der Waals surface area contributed by atoms with Crippen LogP contribution in [0.15, 0.2) is 78.9 Å². The lowest BCUT2D eigenvalue weighted by atomic mass is 9.78.